The molecule has 0 unspecified atom stereocenters. The van der Waals surface area contributed by atoms with E-state index in [1.807, 2.05) is 11.4 Å². The van der Waals surface area contributed by atoms with Crippen molar-refractivity contribution in [1.29, 1.82) is 0 Å². The largest absolute Gasteiger partial charge is 0.482 e. The Balaban J connectivity index is 1.54. The molecule has 0 aliphatic carbocycles. The number of fused-ring (bicyclic) bond motifs is 1. The van der Waals surface area contributed by atoms with Crippen molar-refractivity contribution in [2.45, 2.75) is 0 Å². The number of carboxylic acids is 1. The monoisotopic (exact) mass is 409 g/mol. The quantitative estimate of drug-likeness (QED) is 0.671. The molecule has 2 amide bonds. The Bertz CT molecular complexity index is 1080. The fourth-order valence-corrected chi connectivity index (χ4v) is 3.49. The first-order chi connectivity index (χ1) is 14.0. The average Bonchev–Trinajstić information content (AvgIpc) is 3.25. The van der Waals surface area contributed by atoms with E-state index in [4.69, 9.17) is 9.84 Å². The van der Waals surface area contributed by atoms with Crippen LogP contribution in [-0.2, 0) is 9.59 Å². The summed E-state index contributed by atoms with van der Waals surface area (Å²) in [6.07, 6.45) is 0. The van der Waals surface area contributed by atoms with Gasteiger partial charge < -0.3 is 15.2 Å². The number of thiazole rings is 1. The summed E-state index contributed by atoms with van der Waals surface area (Å²) in [5, 5.41) is 13.5. The van der Waals surface area contributed by atoms with Gasteiger partial charge in [-0.15, -0.1) is 11.3 Å². The number of anilines is 2. The molecule has 3 aromatic rings. The number of nitrogens with zero attached hydrogens (tertiary/aromatic N) is 2. The molecule has 29 heavy (non-hydrogen) atoms. The van der Waals surface area contributed by atoms with Gasteiger partial charge >= 0.3 is 5.97 Å². The number of amides is 2. The molecule has 2 heterocycles. The highest BCUT2D eigenvalue weighted by Crippen LogP contribution is 2.35. The van der Waals surface area contributed by atoms with Crippen molar-refractivity contribution < 1.29 is 24.2 Å². The van der Waals surface area contributed by atoms with Gasteiger partial charge in [-0.1, -0.05) is 0 Å². The molecular formula is C20H15N3O5S. The summed E-state index contributed by atoms with van der Waals surface area (Å²) in [5.41, 5.74) is 4.38. The maximum absolute atomic E-state index is 12.5. The second-order valence-corrected chi connectivity index (χ2v) is 6.97. The van der Waals surface area contributed by atoms with Gasteiger partial charge in [0.25, 0.3) is 5.91 Å². The van der Waals surface area contributed by atoms with Crippen LogP contribution in [-0.4, -0.2) is 41.0 Å². The molecule has 0 atom stereocenters. The number of rotatable bonds is 5. The van der Waals surface area contributed by atoms with Crippen molar-refractivity contribution in [3.63, 3.8) is 0 Å². The number of aromatic carboxylic acids is 1. The molecule has 1 aromatic heterocycles. The lowest BCUT2D eigenvalue weighted by Gasteiger charge is -2.29. The van der Waals surface area contributed by atoms with Crippen LogP contribution in [0.3, 0.4) is 0 Å². The van der Waals surface area contributed by atoms with Crippen molar-refractivity contribution in [1.82, 2.24) is 4.98 Å². The third kappa shape index (κ3) is 3.94. The van der Waals surface area contributed by atoms with Crippen molar-refractivity contribution in [3.05, 3.63) is 58.9 Å². The Labute approximate surface area is 169 Å². The van der Waals surface area contributed by atoms with Crippen LogP contribution in [0.4, 0.5) is 11.4 Å². The van der Waals surface area contributed by atoms with Crippen LogP contribution in [0, 0.1) is 0 Å². The first-order valence-corrected chi connectivity index (χ1v) is 9.54. The fourth-order valence-electron chi connectivity index (χ4n) is 2.93. The molecule has 0 bridgehead atoms. The molecule has 0 fully saturated rings. The highest BCUT2D eigenvalue weighted by atomic mass is 32.1. The van der Waals surface area contributed by atoms with Gasteiger partial charge in [0.15, 0.2) is 6.61 Å². The van der Waals surface area contributed by atoms with E-state index in [1.165, 1.54) is 40.5 Å². The molecule has 0 saturated carbocycles. The highest BCUT2D eigenvalue weighted by Gasteiger charge is 2.28. The normalized spacial score (nSPS) is 12.8. The zero-order chi connectivity index (χ0) is 20.4. The predicted molar refractivity (Wildman–Crippen MR) is 107 cm³/mol. The zero-order valence-corrected chi connectivity index (χ0v) is 15.8. The second kappa shape index (κ2) is 7.72. The van der Waals surface area contributed by atoms with Gasteiger partial charge in [-0.2, -0.15) is 0 Å². The number of hydrogen-bond acceptors (Lipinski definition) is 6. The summed E-state index contributed by atoms with van der Waals surface area (Å²) in [7, 11) is 0. The molecule has 0 saturated heterocycles. The van der Waals surface area contributed by atoms with E-state index in [1.54, 1.807) is 17.6 Å². The zero-order valence-electron chi connectivity index (χ0n) is 15.0. The minimum Gasteiger partial charge on any atom is -0.482 e. The molecule has 1 aliphatic heterocycles. The summed E-state index contributed by atoms with van der Waals surface area (Å²) >= 11 is 1.46. The van der Waals surface area contributed by atoms with E-state index in [9.17, 15) is 14.4 Å². The molecule has 0 radical (unpaired) electrons. The smallest absolute Gasteiger partial charge is 0.335 e. The Morgan fingerprint density at radius 3 is 2.69 bits per heavy atom. The minimum absolute atomic E-state index is 0.120. The summed E-state index contributed by atoms with van der Waals surface area (Å²) in [4.78, 5) is 41.5. The van der Waals surface area contributed by atoms with Crippen molar-refractivity contribution in [2.24, 2.45) is 0 Å². The summed E-state index contributed by atoms with van der Waals surface area (Å²) in [5.74, 6) is -1.27. The molecule has 9 heteroatoms. The lowest BCUT2D eigenvalue weighted by atomic mass is 10.1. The highest BCUT2D eigenvalue weighted by molar-refractivity contribution is 7.07. The minimum atomic E-state index is -1.05. The predicted octanol–water partition coefficient (Wildman–Crippen LogP) is 2.87. The van der Waals surface area contributed by atoms with Crippen LogP contribution in [0.15, 0.2) is 53.4 Å². The maximum Gasteiger partial charge on any atom is 0.335 e. The van der Waals surface area contributed by atoms with Crippen molar-refractivity contribution >= 4 is 40.5 Å². The van der Waals surface area contributed by atoms with Crippen LogP contribution < -0.4 is 15.0 Å². The van der Waals surface area contributed by atoms with E-state index < -0.39 is 11.9 Å². The van der Waals surface area contributed by atoms with Gasteiger partial charge in [-0.25, -0.2) is 9.78 Å². The fraction of sp³-hybridized carbons (Fsp3) is 0.100. The molecule has 2 N–H and O–H groups in total. The van der Waals surface area contributed by atoms with Crippen LogP contribution in [0.2, 0.25) is 0 Å². The van der Waals surface area contributed by atoms with E-state index in [2.05, 4.69) is 10.3 Å². The molecule has 8 nitrogen and oxygen atoms in total. The first-order valence-electron chi connectivity index (χ1n) is 8.60. The third-order valence-corrected chi connectivity index (χ3v) is 4.93. The molecule has 4 rings (SSSR count). The Kier molecular flexibility index (Phi) is 4.96. The second-order valence-electron chi connectivity index (χ2n) is 6.26. The lowest BCUT2D eigenvalue weighted by Crippen LogP contribution is -2.43. The summed E-state index contributed by atoms with van der Waals surface area (Å²) in [6, 6.07) is 11.2. The van der Waals surface area contributed by atoms with Crippen LogP contribution in [0.1, 0.15) is 10.4 Å². The SMILES string of the molecule is O=C(CN1C(=O)COc2ccc(-c3cscn3)cc21)Nc1ccc(C(=O)O)cc1. The lowest BCUT2D eigenvalue weighted by molar-refractivity contribution is -0.123. The summed E-state index contributed by atoms with van der Waals surface area (Å²) in [6.45, 7) is -0.347. The van der Waals surface area contributed by atoms with E-state index >= 15 is 0 Å². The van der Waals surface area contributed by atoms with E-state index in [0.717, 1.165) is 11.3 Å². The van der Waals surface area contributed by atoms with E-state index in [-0.39, 0.29) is 24.6 Å². The maximum atomic E-state index is 12.5. The molecule has 146 valence electrons. The van der Waals surface area contributed by atoms with Gasteiger partial charge in [0, 0.05) is 16.6 Å². The van der Waals surface area contributed by atoms with Crippen molar-refractivity contribution in [2.75, 3.05) is 23.4 Å². The summed E-state index contributed by atoms with van der Waals surface area (Å²) < 4.78 is 5.48. The van der Waals surface area contributed by atoms with Gasteiger partial charge in [0.1, 0.15) is 12.3 Å². The van der Waals surface area contributed by atoms with E-state index in [0.29, 0.717) is 17.1 Å². The average molecular weight is 409 g/mol. The van der Waals surface area contributed by atoms with Gasteiger partial charge in [-0.05, 0) is 42.5 Å². The Morgan fingerprint density at radius 1 is 1.21 bits per heavy atom. The van der Waals surface area contributed by atoms with Crippen LogP contribution in [0.5, 0.6) is 5.75 Å². The van der Waals surface area contributed by atoms with Gasteiger partial charge in [0.2, 0.25) is 5.91 Å². The topological polar surface area (TPSA) is 109 Å². The number of aromatic nitrogens is 1. The van der Waals surface area contributed by atoms with Gasteiger partial charge in [0.05, 0.1) is 22.5 Å². The van der Waals surface area contributed by atoms with Gasteiger partial charge in [-0.3, -0.25) is 14.5 Å². The molecule has 1 aliphatic rings. The third-order valence-electron chi connectivity index (χ3n) is 4.35. The number of carbonyl (C=O) groups is 3. The van der Waals surface area contributed by atoms with Crippen LogP contribution >= 0.6 is 11.3 Å². The number of benzene rings is 2. The van der Waals surface area contributed by atoms with Crippen molar-refractivity contribution in [3.8, 4) is 17.0 Å². The Hall–Kier alpha value is -3.72. The Morgan fingerprint density at radius 2 is 2.00 bits per heavy atom. The van der Waals surface area contributed by atoms with Crippen LogP contribution in [0.25, 0.3) is 11.3 Å². The molecule has 2 aromatic carbocycles. The number of carboxylic acid groups (broad SMARTS) is 1. The number of carbonyl (C=O) groups excluding carboxylic acids is 2. The standard InChI is InChI=1S/C20H15N3O5S/c24-18(22-14-4-1-12(2-5-14)20(26)27)8-23-16-7-13(15-10-29-11-21-15)3-6-17(16)28-9-19(23)25/h1-7,10-11H,8-9H2,(H,22,24)(H,26,27). The number of nitrogens with one attached hydrogen (secondary N) is 1. The molecule has 0 spiro atoms. The number of hydrogen-bond donors (Lipinski definition) is 2. The number of ether oxygens (including phenoxy) is 1. The first kappa shape index (κ1) is 18.6. The molecular weight excluding hydrogens is 394 g/mol.